The third-order valence-electron chi connectivity index (χ3n) is 2.57. The number of aldehydes is 1. The molecule has 0 fully saturated rings. The molecule has 15 heavy (non-hydrogen) atoms. The second kappa shape index (κ2) is 2.92. The first-order valence-electron chi connectivity index (χ1n) is 4.69. The van der Waals surface area contributed by atoms with Gasteiger partial charge >= 0.3 is 0 Å². The number of carbonyl (C=O) groups is 1. The Hall–Kier alpha value is -2.16. The third kappa shape index (κ3) is 1.06. The van der Waals surface area contributed by atoms with Crippen LogP contribution in [0.3, 0.4) is 0 Å². The van der Waals surface area contributed by atoms with Gasteiger partial charge in [0.1, 0.15) is 0 Å². The average Bonchev–Trinajstić information content (AvgIpc) is 2.50. The van der Waals surface area contributed by atoms with Gasteiger partial charge in [0, 0.05) is 41.3 Å². The molecule has 3 rings (SSSR count). The zero-order chi connectivity index (χ0) is 10.3. The van der Waals surface area contributed by atoms with Crippen molar-refractivity contribution in [2.45, 2.75) is 0 Å². The largest absolute Gasteiger partial charge is 0.320 e. The lowest BCUT2D eigenvalue weighted by Crippen LogP contribution is -1.86. The summed E-state index contributed by atoms with van der Waals surface area (Å²) < 4.78 is 1.93. The maximum atomic E-state index is 10.9. The van der Waals surface area contributed by atoms with Gasteiger partial charge in [0.25, 0.3) is 0 Å². The normalized spacial score (nSPS) is 13.1. The van der Waals surface area contributed by atoms with Gasteiger partial charge in [-0.3, -0.25) is 9.79 Å². The first kappa shape index (κ1) is 8.17. The molecule has 0 amide bonds. The molecule has 0 bridgehead atoms. The third-order valence-corrected chi connectivity index (χ3v) is 2.57. The highest BCUT2D eigenvalue weighted by Gasteiger charge is 2.10. The number of hydrogen-bond donors (Lipinski definition) is 0. The van der Waals surface area contributed by atoms with Crippen LogP contribution < -0.4 is 0 Å². The summed E-state index contributed by atoms with van der Waals surface area (Å²) in [5.74, 6) is 0. The van der Waals surface area contributed by atoms with Gasteiger partial charge in [0.2, 0.25) is 0 Å². The average molecular weight is 196 g/mol. The fraction of sp³-hybridized carbons (Fsp3) is 0. The molecule has 3 nitrogen and oxygen atoms in total. The maximum absolute atomic E-state index is 10.9. The smallest absolute Gasteiger partial charge is 0.152 e. The van der Waals surface area contributed by atoms with E-state index in [2.05, 4.69) is 4.99 Å². The zero-order valence-corrected chi connectivity index (χ0v) is 7.92. The zero-order valence-electron chi connectivity index (χ0n) is 7.92. The van der Waals surface area contributed by atoms with Gasteiger partial charge in [0.05, 0.1) is 5.52 Å². The fourth-order valence-electron chi connectivity index (χ4n) is 1.92. The molecule has 0 N–H and O–H groups in total. The predicted molar refractivity (Wildman–Crippen MR) is 60.2 cm³/mol. The number of carbonyl (C=O) groups excluding carboxylic acids is 1. The van der Waals surface area contributed by atoms with Crippen molar-refractivity contribution in [3.63, 3.8) is 0 Å². The number of hydrogen-bond acceptors (Lipinski definition) is 2. The number of rotatable bonds is 1. The van der Waals surface area contributed by atoms with Crippen molar-refractivity contribution in [1.29, 1.82) is 0 Å². The Morgan fingerprint density at radius 3 is 3.13 bits per heavy atom. The molecule has 1 aliphatic rings. The summed E-state index contributed by atoms with van der Waals surface area (Å²) in [4.78, 5) is 15.0. The van der Waals surface area contributed by atoms with Crippen LogP contribution in [0.15, 0.2) is 35.6 Å². The monoisotopic (exact) mass is 196 g/mol. The molecule has 0 spiro atoms. The second-order valence-electron chi connectivity index (χ2n) is 3.43. The lowest BCUT2D eigenvalue weighted by Gasteiger charge is -1.98. The Morgan fingerprint density at radius 2 is 2.27 bits per heavy atom. The van der Waals surface area contributed by atoms with E-state index in [-0.39, 0.29) is 0 Å². The lowest BCUT2D eigenvalue weighted by atomic mass is 10.1. The minimum Gasteiger partial charge on any atom is -0.320 e. The Kier molecular flexibility index (Phi) is 1.59. The summed E-state index contributed by atoms with van der Waals surface area (Å²) in [6.07, 6.45) is 8.08. The van der Waals surface area contributed by atoms with Gasteiger partial charge in [-0.2, -0.15) is 0 Å². The Balaban J connectivity index is 2.53. The van der Waals surface area contributed by atoms with Crippen LogP contribution in [0.2, 0.25) is 0 Å². The predicted octanol–water partition coefficient (Wildman–Crippen LogP) is 2.31. The SMILES string of the molecule is O=Cc1cn2c3c(cccc13)C=NC=C2. The minimum absolute atomic E-state index is 0.715. The standard InChI is InChI=1S/C12H8N2O/c15-8-10-7-14-5-4-13-6-9-2-1-3-11(10)12(9)14/h1-8H. The van der Waals surface area contributed by atoms with E-state index in [9.17, 15) is 4.79 Å². The van der Waals surface area contributed by atoms with Gasteiger partial charge in [-0.25, -0.2) is 0 Å². The molecule has 72 valence electrons. The molecule has 0 saturated carbocycles. The van der Waals surface area contributed by atoms with E-state index in [1.165, 1.54) is 0 Å². The highest BCUT2D eigenvalue weighted by Crippen LogP contribution is 2.24. The minimum atomic E-state index is 0.715. The number of benzene rings is 1. The van der Waals surface area contributed by atoms with Crippen molar-refractivity contribution in [2.24, 2.45) is 4.99 Å². The van der Waals surface area contributed by atoms with Gasteiger partial charge in [-0.1, -0.05) is 18.2 Å². The van der Waals surface area contributed by atoms with Crippen LogP contribution in [-0.2, 0) is 0 Å². The van der Waals surface area contributed by atoms with Crippen LogP contribution in [0.1, 0.15) is 15.9 Å². The molecule has 3 heteroatoms. The first-order chi connectivity index (χ1) is 7.40. The molecule has 1 aromatic heterocycles. The maximum Gasteiger partial charge on any atom is 0.152 e. The number of nitrogens with zero attached hydrogens (tertiary/aromatic N) is 2. The molecule has 2 aromatic rings. The van der Waals surface area contributed by atoms with Crippen molar-refractivity contribution in [1.82, 2.24) is 4.57 Å². The summed E-state index contributed by atoms with van der Waals surface area (Å²) >= 11 is 0. The number of para-hydroxylation sites is 1. The molecular formula is C12H8N2O. The van der Waals surface area contributed by atoms with Crippen molar-refractivity contribution in [3.8, 4) is 0 Å². The van der Waals surface area contributed by atoms with Gasteiger partial charge in [0.15, 0.2) is 6.29 Å². The van der Waals surface area contributed by atoms with Gasteiger partial charge < -0.3 is 4.57 Å². The van der Waals surface area contributed by atoms with Crippen LogP contribution in [-0.4, -0.2) is 17.1 Å². The molecule has 0 unspecified atom stereocenters. The van der Waals surface area contributed by atoms with Crippen molar-refractivity contribution >= 4 is 29.6 Å². The number of aromatic nitrogens is 1. The van der Waals surface area contributed by atoms with Crippen molar-refractivity contribution in [3.05, 3.63) is 41.7 Å². The van der Waals surface area contributed by atoms with E-state index in [1.807, 2.05) is 35.2 Å². The summed E-state index contributed by atoms with van der Waals surface area (Å²) in [6.45, 7) is 0. The topological polar surface area (TPSA) is 34.4 Å². The Bertz CT molecular complexity index is 605. The van der Waals surface area contributed by atoms with Crippen molar-refractivity contribution in [2.75, 3.05) is 0 Å². The van der Waals surface area contributed by atoms with E-state index in [0.29, 0.717) is 5.56 Å². The highest BCUT2D eigenvalue weighted by molar-refractivity contribution is 6.06. The summed E-state index contributed by atoms with van der Waals surface area (Å²) in [5, 5.41) is 0.973. The Labute approximate surface area is 86.4 Å². The second-order valence-corrected chi connectivity index (χ2v) is 3.43. The molecule has 0 radical (unpaired) electrons. The van der Waals surface area contributed by atoms with Crippen molar-refractivity contribution < 1.29 is 4.79 Å². The molecule has 0 atom stereocenters. The van der Waals surface area contributed by atoms with Crippen LogP contribution in [0.4, 0.5) is 0 Å². The summed E-state index contributed by atoms with van der Waals surface area (Å²) in [5.41, 5.74) is 2.79. The molecule has 0 saturated heterocycles. The van der Waals surface area contributed by atoms with Crippen LogP contribution in [0.25, 0.3) is 17.1 Å². The first-order valence-corrected chi connectivity index (χ1v) is 4.69. The molecule has 1 aliphatic heterocycles. The lowest BCUT2D eigenvalue weighted by molar-refractivity contribution is 0.112. The van der Waals surface area contributed by atoms with E-state index >= 15 is 0 Å². The van der Waals surface area contributed by atoms with Gasteiger partial charge in [-0.05, 0) is 0 Å². The Morgan fingerprint density at radius 1 is 1.33 bits per heavy atom. The fourth-order valence-corrected chi connectivity index (χ4v) is 1.92. The quantitative estimate of drug-likeness (QED) is 0.644. The summed E-state index contributed by atoms with van der Waals surface area (Å²) in [6, 6.07) is 5.88. The van der Waals surface area contributed by atoms with E-state index < -0.39 is 0 Å². The molecule has 2 heterocycles. The van der Waals surface area contributed by atoms with E-state index in [4.69, 9.17) is 0 Å². The number of aliphatic imine (C=N–C) groups is 1. The van der Waals surface area contributed by atoms with E-state index in [1.54, 1.807) is 12.4 Å². The van der Waals surface area contributed by atoms with Gasteiger partial charge in [-0.15, -0.1) is 0 Å². The molecule has 1 aromatic carbocycles. The van der Waals surface area contributed by atoms with Crippen LogP contribution in [0, 0.1) is 0 Å². The van der Waals surface area contributed by atoms with Crippen LogP contribution in [0.5, 0.6) is 0 Å². The highest BCUT2D eigenvalue weighted by atomic mass is 16.1. The van der Waals surface area contributed by atoms with E-state index in [0.717, 1.165) is 22.8 Å². The molecular weight excluding hydrogens is 188 g/mol. The van der Waals surface area contributed by atoms with Crippen LogP contribution >= 0.6 is 0 Å². The summed E-state index contributed by atoms with van der Waals surface area (Å²) in [7, 11) is 0. The molecule has 0 aliphatic carbocycles.